The van der Waals surface area contributed by atoms with Crippen molar-refractivity contribution in [2.24, 2.45) is 0 Å². The number of aromatic nitrogens is 3. The van der Waals surface area contributed by atoms with Crippen LogP contribution >= 0.6 is 11.6 Å². The molecule has 2 aromatic carbocycles. The lowest BCUT2D eigenvalue weighted by Crippen LogP contribution is -2.07. The number of nitro benzene ring substituents is 1. The molecule has 11 heteroatoms. The van der Waals surface area contributed by atoms with Crippen LogP contribution in [0.3, 0.4) is 0 Å². The Labute approximate surface area is 175 Å². The number of esters is 1. The Morgan fingerprint density at radius 2 is 1.97 bits per heavy atom. The van der Waals surface area contributed by atoms with Gasteiger partial charge in [-0.05, 0) is 31.2 Å². The van der Waals surface area contributed by atoms with Gasteiger partial charge in [0.15, 0.2) is 5.69 Å². The van der Waals surface area contributed by atoms with Crippen LogP contribution in [0.25, 0.3) is 11.3 Å². The molecular formula is C19H17ClN4O6. The first-order chi connectivity index (χ1) is 14.4. The summed E-state index contributed by atoms with van der Waals surface area (Å²) in [6.07, 6.45) is 0. The van der Waals surface area contributed by atoms with E-state index in [-0.39, 0.29) is 35.4 Å². The Morgan fingerprint density at radius 3 is 2.63 bits per heavy atom. The zero-order chi connectivity index (χ0) is 21.7. The molecule has 0 aliphatic heterocycles. The van der Waals surface area contributed by atoms with Gasteiger partial charge in [-0.25, -0.2) is 4.79 Å². The van der Waals surface area contributed by atoms with E-state index in [1.54, 1.807) is 25.1 Å². The second-order valence-corrected chi connectivity index (χ2v) is 6.34. The summed E-state index contributed by atoms with van der Waals surface area (Å²) < 4.78 is 16.1. The number of ether oxygens (including phenoxy) is 3. The van der Waals surface area contributed by atoms with E-state index in [1.807, 2.05) is 0 Å². The molecule has 30 heavy (non-hydrogen) atoms. The molecule has 10 nitrogen and oxygen atoms in total. The fraction of sp³-hybridized carbons (Fsp3) is 0.211. The zero-order valence-corrected chi connectivity index (χ0v) is 16.8. The van der Waals surface area contributed by atoms with Gasteiger partial charge in [0.05, 0.1) is 23.7 Å². The van der Waals surface area contributed by atoms with E-state index in [1.165, 1.54) is 25.3 Å². The molecule has 156 valence electrons. The predicted molar refractivity (Wildman–Crippen MR) is 107 cm³/mol. The zero-order valence-electron chi connectivity index (χ0n) is 16.0. The van der Waals surface area contributed by atoms with Gasteiger partial charge in [-0.15, -0.1) is 5.10 Å². The molecule has 1 heterocycles. The number of nitrogens with zero attached hydrogens (tertiary/aromatic N) is 3. The van der Waals surface area contributed by atoms with Gasteiger partial charge in [-0.2, -0.15) is 10.3 Å². The van der Waals surface area contributed by atoms with Crippen molar-refractivity contribution in [1.82, 2.24) is 15.4 Å². The van der Waals surface area contributed by atoms with Crippen LogP contribution in [-0.2, 0) is 11.3 Å². The summed E-state index contributed by atoms with van der Waals surface area (Å²) in [5, 5.41) is 21.3. The second-order valence-electron chi connectivity index (χ2n) is 5.93. The number of rotatable bonds is 8. The third-order valence-corrected chi connectivity index (χ3v) is 4.38. The van der Waals surface area contributed by atoms with Crippen molar-refractivity contribution in [2.45, 2.75) is 13.5 Å². The molecule has 0 aliphatic carbocycles. The highest BCUT2D eigenvalue weighted by atomic mass is 35.5. The van der Waals surface area contributed by atoms with Crippen molar-refractivity contribution in [3.8, 4) is 22.8 Å². The number of non-ortho nitro benzene ring substituents is 1. The maximum absolute atomic E-state index is 12.1. The minimum atomic E-state index is -0.590. The molecule has 0 atom stereocenters. The molecule has 0 saturated carbocycles. The van der Waals surface area contributed by atoms with Gasteiger partial charge >= 0.3 is 5.97 Å². The molecule has 0 saturated heterocycles. The van der Waals surface area contributed by atoms with Gasteiger partial charge in [0.2, 0.25) is 0 Å². The summed E-state index contributed by atoms with van der Waals surface area (Å²) in [5.74, 6) is 0.230. The minimum Gasteiger partial charge on any atom is -0.496 e. The third-order valence-electron chi connectivity index (χ3n) is 4.08. The molecule has 0 fully saturated rings. The van der Waals surface area contributed by atoms with Crippen LogP contribution in [-0.4, -0.2) is 40.0 Å². The van der Waals surface area contributed by atoms with Crippen LogP contribution in [0.5, 0.6) is 11.5 Å². The summed E-state index contributed by atoms with van der Waals surface area (Å²) in [7, 11) is 1.51. The Kier molecular flexibility index (Phi) is 6.48. The Balaban J connectivity index is 1.87. The monoisotopic (exact) mass is 432 g/mol. The van der Waals surface area contributed by atoms with E-state index in [4.69, 9.17) is 25.8 Å². The number of halogens is 1. The van der Waals surface area contributed by atoms with Crippen LogP contribution in [0.4, 0.5) is 5.69 Å². The summed E-state index contributed by atoms with van der Waals surface area (Å²) in [5.41, 5.74) is 1.49. The van der Waals surface area contributed by atoms with Crippen molar-refractivity contribution < 1.29 is 23.9 Å². The second kappa shape index (κ2) is 9.23. The Bertz CT molecular complexity index is 1080. The number of carbonyl (C=O) groups excluding carboxylic acids is 1. The van der Waals surface area contributed by atoms with Crippen LogP contribution in [0, 0.1) is 10.1 Å². The lowest BCUT2D eigenvalue weighted by atomic mass is 10.1. The van der Waals surface area contributed by atoms with Gasteiger partial charge in [-0.3, -0.25) is 10.1 Å². The van der Waals surface area contributed by atoms with Crippen LogP contribution in [0.2, 0.25) is 5.02 Å². The number of benzene rings is 2. The number of methoxy groups -OCH3 is 1. The topological polar surface area (TPSA) is 129 Å². The Hall–Kier alpha value is -3.66. The number of hydrogen-bond donors (Lipinski definition) is 1. The molecule has 0 aliphatic rings. The summed E-state index contributed by atoms with van der Waals surface area (Å²) in [4.78, 5) is 22.4. The van der Waals surface area contributed by atoms with E-state index in [9.17, 15) is 14.9 Å². The highest BCUT2D eigenvalue weighted by molar-refractivity contribution is 6.32. The summed E-state index contributed by atoms with van der Waals surface area (Å²) in [6.45, 7) is 1.97. The summed E-state index contributed by atoms with van der Waals surface area (Å²) >= 11 is 6.08. The molecular weight excluding hydrogens is 416 g/mol. The molecule has 3 rings (SSSR count). The first kappa shape index (κ1) is 21.1. The van der Waals surface area contributed by atoms with Crippen molar-refractivity contribution in [3.05, 3.63) is 62.8 Å². The third kappa shape index (κ3) is 4.49. The average Bonchev–Trinajstić information content (AvgIpc) is 3.22. The number of aromatic amines is 1. The molecule has 0 unspecified atom stereocenters. The SMILES string of the molecule is CCOC(=O)c1n[nH]nc1-c1ccc(OC)c(COc2ccc([N+](=O)[O-])cc2Cl)c1. The lowest BCUT2D eigenvalue weighted by Gasteiger charge is -2.12. The highest BCUT2D eigenvalue weighted by Crippen LogP contribution is 2.32. The first-order valence-electron chi connectivity index (χ1n) is 8.76. The molecule has 1 N–H and O–H groups in total. The quantitative estimate of drug-likeness (QED) is 0.323. The average molecular weight is 433 g/mol. The number of hydrogen-bond acceptors (Lipinski definition) is 8. The number of H-pyrrole nitrogens is 1. The predicted octanol–water partition coefficient (Wildman–Crippen LogP) is 3.80. The summed E-state index contributed by atoms with van der Waals surface area (Å²) in [6, 6.07) is 9.10. The van der Waals surface area contributed by atoms with Crippen molar-refractivity contribution in [1.29, 1.82) is 0 Å². The Morgan fingerprint density at radius 1 is 1.20 bits per heavy atom. The smallest absolute Gasteiger partial charge is 0.361 e. The number of carbonyl (C=O) groups is 1. The van der Waals surface area contributed by atoms with Crippen LogP contribution < -0.4 is 9.47 Å². The van der Waals surface area contributed by atoms with E-state index in [0.29, 0.717) is 22.6 Å². The van der Waals surface area contributed by atoms with E-state index >= 15 is 0 Å². The van der Waals surface area contributed by atoms with Gasteiger partial charge in [0, 0.05) is 23.3 Å². The van der Waals surface area contributed by atoms with Crippen molar-refractivity contribution in [2.75, 3.05) is 13.7 Å². The largest absolute Gasteiger partial charge is 0.496 e. The first-order valence-corrected chi connectivity index (χ1v) is 9.14. The lowest BCUT2D eigenvalue weighted by molar-refractivity contribution is -0.384. The number of nitro groups is 1. The molecule has 0 bridgehead atoms. The fourth-order valence-electron chi connectivity index (χ4n) is 2.69. The minimum absolute atomic E-state index is 0.0567. The molecule has 3 aromatic rings. The van der Waals surface area contributed by atoms with E-state index < -0.39 is 10.9 Å². The van der Waals surface area contributed by atoms with Gasteiger partial charge < -0.3 is 14.2 Å². The van der Waals surface area contributed by atoms with Crippen molar-refractivity contribution >= 4 is 23.3 Å². The van der Waals surface area contributed by atoms with Gasteiger partial charge in [-0.1, -0.05) is 11.6 Å². The maximum Gasteiger partial charge on any atom is 0.361 e. The van der Waals surface area contributed by atoms with Gasteiger partial charge in [0.1, 0.15) is 23.8 Å². The van der Waals surface area contributed by atoms with Crippen LogP contribution in [0.1, 0.15) is 23.0 Å². The van der Waals surface area contributed by atoms with Crippen LogP contribution in [0.15, 0.2) is 36.4 Å². The van der Waals surface area contributed by atoms with E-state index in [0.717, 1.165) is 0 Å². The maximum atomic E-state index is 12.1. The molecule has 0 amide bonds. The molecule has 1 aromatic heterocycles. The standard InChI is InChI=1S/C19H17ClN4O6/c1-3-29-19(25)18-17(21-23-22-18)11-4-6-15(28-2)12(8-11)10-30-16-7-5-13(24(26)27)9-14(16)20/h4-9H,3,10H2,1-2H3,(H,21,22,23). The molecule has 0 spiro atoms. The normalized spacial score (nSPS) is 10.5. The fourth-order valence-corrected chi connectivity index (χ4v) is 2.92. The van der Waals surface area contributed by atoms with Gasteiger partial charge in [0.25, 0.3) is 5.69 Å². The van der Waals surface area contributed by atoms with Crippen molar-refractivity contribution in [3.63, 3.8) is 0 Å². The number of nitrogens with one attached hydrogen (secondary N) is 1. The molecule has 0 radical (unpaired) electrons. The van der Waals surface area contributed by atoms with E-state index in [2.05, 4.69) is 15.4 Å². The highest BCUT2D eigenvalue weighted by Gasteiger charge is 2.20.